The predicted octanol–water partition coefficient (Wildman–Crippen LogP) is 3.87. The van der Waals surface area contributed by atoms with Crippen LogP contribution in [0.2, 0.25) is 0 Å². The highest BCUT2D eigenvalue weighted by Crippen LogP contribution is 2.18. The van der Waals surface area contributed by atoms with Gasteiger partial charge in [-0.25, -0.2) is 4.98 Å². The number of nitrogens with one attached hydrogen (secondary N) is 2. The van der Waals surface area contributed by atoms with Crippen LogP contribution in [0, 0.1) is 11.3 Å². The molecule has 2 N–H and O–H groups in total. The average Bonchev–Trinajstić information content (AvgIpc) is 2.74. The van der Waals surface area contributed by atoms with Crippen LogP contribution in [0.25, 0.3) is 0 Å². The van der Waals surface area contributed by atoms with Crippen LogP contribution in [0.3, 0.4) is 0 Å². The normalized spacial score (nSPS) is 10.0. The fraction of sp³-hybridized carbons (Fsp3) is 0.136. The fourth-order valence-electron chi connectivity index (χ4n) is 2.79. The zero-order valence-electron chi connectivity index (χ0n) is 15.5. The molecule has 1 heterocycles. The van der Waals surface area contributed by atoms with Crippen LogP contribution in [-0.2, 0) is 6.42 Å². The van der Waals surface area contributed by atoms with Crippen molar-refractivity contribution < 1.29 is 9.53 Å². The van der Waals surface area contributed by atoms with E-state index in [1.165, 1.54) is 0 Å². The lowest BCUT2D eigenvalue weighted by Gasteiger charge is -2.10. The Morgan fingerprint density at radius 2 is 1.93 bits per heavy atom. The van der Waals surface area contributed by atoms with E-state index in [1.807, 2.05) is 24.3 Å². The number of anilines is 2. The van der Waals surface area contributed by atoms with Gasteiger partial charge in [0, 0.05) is 18.3 Å². The van der Waals surface area contributed by atoms with Gasteiger partial charge in [0.1, 0.15) is 17.6 Å². The maximum absolute atomic E-state index is 12.5. The first-order valence-corrected chi connectivity index (χ1v) is 8.83. The van der Waals surface area contributed by atoms with E-state index in [1.54, 1.807) is 49.7 Å². The Morgan fingerprint density at radius 1 is 1.14 bits per heavy atom. The first-order chi connectivity index (χ1) is 13.7. The number of amides is 1. The van der Waals surface area contributed by atoms with Gasteiger partial charge in [-0.2, -0.15) is 5.26 Å². The molecule has 3 aromatic rings. The summed E-state index contributed by atoms with van der Waals surface area (Å²) in [4.78, 5) is 16.8. The molecule has 28 heavy (non-hydrogen) atoms. The first-order valence-electron chi connectivity index (χ1n) is 8.83. The van der Waals surface area contributed by atoms with E-state index in [0.29, 0.717) is 29.2 Å². The zero-order chi connectivity index (χ0) is 19.8. The van der Waals surface area contributed by atoms with Gasteiger partial charge in [0.2, 0.25) is 0 Å². The van der Waals surface area contributed by atoms with Gasteiger partial charge in [-0.3, -0.25) is 4.79 Å². The molecule has 6 nitrogen and oxygen atoms in total. The van der Waals surface area contributed by atoms with Crippen molar-refractivity contribution in [1.82, 2.24) is 4.98 Å². The summed E-state index contributed by atoms with van der Waals surface area (Å²) in [5, 5.41) is 15.1. The van der Waals surface area contributed by atoms with E-state index in [9.17, 15) is 4.79 Å². The molecule has 1 amide bonds. The Balaban J connectivity index is 1.63. The van der Waals surface area contributed by atoms with Crippen LogP contribution < -0.4 is 15.4 Å². The number of carbonyl (C=O) groups is 1. The van der Waals surface area contributed by atoms with E-state index in [4.69, 9.17) is 10.00 Å². The number of nitrogens with zero attached hydrogens (tertiary/aromatic N) is 2. The molecular weight excluding hydrogens is 352 g/mol. The van der Waals surface area contributed by atoms with Gasteiger partial charge in [-0.15, -0.1) is 0 Å². The van der Waals surface area contributed by atoms with E-state index >= 15 is 0 Å². The fourth-order valence-corrected chi connectivity index (χ4v) is 2.79. The van der Waals surface area contributed by atoms with Gasteiger partial charge in [0.25, 0.3) is 5.91 Å². The number of hydrogen-bond donors (Lipinski definition) is 2. The van der Waals surface area contributed by atoms with Gasteiger partial charge >= 0.3 is 0 Å². The van der Waals surface area contributed by atoms with Crippen LogP contribution in [-0.4, -0.2) is 24.5 Å². The number of benzene rings is 2. The van der Waals surface area contributed by atoms with E-state index in [2.05, 4.69) is 21.7 Å². The van der Waals surface area contributed by atoms with Gasteiger partial charge in [-0.05, 0) is 42.3 Å². The second kappa shape index (κ2) is 9.19. The molecule has 0 radical (unpaired) electrons. The molecule has 0 saturated carbocycles. The van der Waals surface area contributed by atoms with Crippen LogP contribution >= 0.6 is 0 Å². The second-order valence-corrected chi connectivity index (χ2v) is 6.03. The molecule has 3 rings (SSSR count). The number of nitriles is 1. The summed E-state index contributed by atoms with van der Waals surface area (Å²) < 4.78 is 5.35. The Bertz CT molecular complexity index is 1010. The zero-order valence-corrected chi connectivity index (χ0v) is 15.5. The summed E-state index contributed by atoms with van der Waals surface area (Å²) in [7, 11) is 1.65. The lowest BCUT2D eigenvalue weighted by Crippen LogP contribution is -2.14. The second-order valence-electron chi connectivity index (χ2n) is 6.03. The van der Waals surface area contributed by atoms with Crippen molar-refractivity contribution in [2.45, 2.75) is 6.42 Å². The third-order valence-electron chi connectivity index (χ3n) is 4.21. The van der Waals surface area contributed by atoms with Crippen LogP contribution in [0.4, 0.5) is 11.5 Å². The minimum atomic E-state index is -0.294. The topological polar surface area (TPSA) is 87.0 Å². The minimum absolute atomic E-state index is 0.294. The molecule has 0 saturated heterocycles. The Morgan fingerprint density at radius 3 is 2.75 bits per heavy atom. The van der Waals surface area contributed by atoms with Gasteiger partial charge < -0.3 is 15.4 Å². The molecule has 140 valence electrons. The summed E-state index contributed by atoms with van der Waals surface area (Å²) in [6.45, 7) is 0.649. The largest absolute Gasteiger partial charge is 0.496 e. The quantitative estimate of drug-likeness (QED) is 0.657. The van der Waals surface area contributed by atoms with Gasteiger partial charge in [-0.1, -0.05) is 30.3 Å². The Kier molecular flexibility index (Phi) is 6.21. The maximum Gasteiger partial charge on any atom is 0.255 e. The summed E-state index contributed by atoms with van der Waals surface area (Å²) >= 11 is 0. The summed E-state index contributed by atoms with van der Waals surface area (Å²) in [5.41, 5.74) is 2.46. The summed E-state index contributed by atoms with van der Waals surface area (Å²) in [5.74, 6) is 1.16. The van der Waals surface area contributed by atoms with Crippen molar-refractivity contribution >= 4 is 17.4 Å². The molecule has 0 unspecified atom stereocenters. The smallest absolute Gasteiger partial charge is 0.255 e. The monoisotopic (exact) mass is 372 g/mol. The van der Waals surface area contributed by atoms with Gasteiger partial charge in [0.05, 0.1) is 18.4 Å². The highest BCUT2D eigenvalue weighted by molar-refractivity contribution is 6.05. The summed E-state index contributed by atoms with van der Waals surface area (Å²) in [6, 6.07) is 20.1. The number of para-hydroxylation sites is 2. The molecule has 0 aliphatic heterocycles. The van der Waals surface area contributed by atoms with Crippen LogP contribution in [0.1, 0.15) is 21.5 Å². The minimum Gasteiger partial charge on any atom is -0.496 e. The number of aromatic nitrogens is 1. The van der Waals surface area contributed by atoms with Crippen LogP contribution in [0.5, 0.6) is 5.75 Å². The van der Waals surface area contributed by atoms with Crippen molar-refractivity contribution in [2.75, 3.05) is 24.3 Å². The third kappa shape index (κ3) is 4.65. The summed E-state index contributed by atoms with van der Waals surface area (Å²) in [6.07, 6.45) is 2.34. The number of ether oxygens (including phenoxy) is 1. The van der Waals surface area contributed by atoms with E-state index < -0.39 is 0 Å². The number of hydrogen-bond acceptors (Lipinski definition) is 5. The highest BCUT2D eigenvalue weighted by atomic mass is 16.5. The van der Waals surface area contributed by atoms with Crippen LogP contribution in [0.15, 0.2) is 66.9 Å². The first kappa shape index (κ1) is 18.9. The maximum atomic E-state index is 12.5. The van der Waals surface area contributed by atoms with E-state index in [0.717, 1.165) is 17.7 Å². The Labute approximate surface area is 163 Å². The average molecular weight is 372 g/mol. The van der Waals surface area contributed by atoms with Crippen molar-refractivity contribution in [3.63, 3.8) is 0 Å². The molecule has 0 atom stereocenters. The molecule has 0 aliphatic carbocycles. The molecule has 2 aromatic carbocycles. The number of pyridine rings is 1. The lowest BCUT2D eigenvalue weighted by atomic mass is 10.1. The SMILES string of the molecule is COc1ccccc1CCNc1cc(C(=O)Nc2ccccc2C#N)ccn1. The molecule has 0 aliphatic rings. The third-order valence-corrected chi connectivity index (χ3v) is 4.21. The molecule has 0 fully saturated rings. The van der Waals surface area contributed by atoms with Crippen molar-refractivity contribution in [2.24, 2.45) is 0 Å². The molecule has 6 heteroatoms. The number of rotatable bonds is 7. The Hall–Kier alpha value is -3.85. The molecular formula is C22H20N4O2. The lowest BCUT2D eigenvalue weighted by molar-refractivity contribution is 0.102. The molecule has 0 spiro atoms. The van der Waals surface area contributed by atoms with Crippen molar-refractivity contribution in [3.05, 3.63) is 83.6 Å². The van der Waals surface area contributed by atoms with E-state index in [-0.39, 0.29) is 5.91 Å². The predicted molar refractivity (Wildman–Crippen MR) is 109 cm³/mol. The highest BCUT2D eigenvalue weighted by Gasteiger charge is 2.10. The van der Waals surface area contributed by atoms with Gasteiger partial charge in [0.15, 0.2) is 0 Å². The molecule has 0 bridgehead atoms. The van der Waals surface area contributed by atoms with Crippen molar-refractivity contribution in [1.29, 1.82) is 5.26 Å². The van der Waals surface area contributed by atoms with Crippen molar-refractivity contribution in [3.8, 4) is 11.8 Å². The number of carbonyl (C=O) groups excluding carboxylic acids is 1. The molecule has 1 aromatic heterocycles. The standard InChI is InChI=1S/C22H20N4O2/c1-28-20-9-5-3-6-16(20)10-12-24-21-14-17(11-13-25-21)22(27)26-19-8-4-2-7-18(19)15-23/h2-9,11,13-14H,10,12H2,1H3,(H,24,25)(H,26,27). The number of methoxy groups -OCH3 is 1.